The van der Waals surface area contributed by atoms with Gasteiger partial charge in [0.15, 0.2) is 5.75 Å². The zero-order chi connectivity index (χ0) is 23.0. The van der Waals surface area contributed by atoms with E-state index in [0.29, 0.717) is 4.47 Å². The third kappa shape index (κ3) is 6.44. The van der Waals surface area contributed by atoms with Crippen LogP contribution in [0.4, 0.5) is 5.69 Å². The zero-order valence-corrected chi connectivity index (χ0v) is 19.6. The lowest BCUT2D eigenvalue weighted by molar-refractivity contribution is -0.146. The number of rotatable bonds is 9. The number of carbonyl (C=O) groups excluding carboxylic acids is 1. The van der Waals surface area contributed by atoms with Gasteiger partial charge in [-0.2, -0.15) is 5.09 Å². The molecule has 0 saturated heterocycles. The van der Waals surface area contributed by atoms with Gasteiger partial charge < -0.3 is 13.8 Å². The lowest BCUT2D eigenvalue weighted by Gasteiger charge is -2.24. The molecular weight excluding hydrogens is 495 g/mol. The molecule has 3 aromatic rings. The van der Waals surface area contributed by atoms with E-state index in [9.17, 15) is 9.36 Å². The number of ether oxygens (including phenoxy) is 1. The number of nitrogens with zero attached hydrogens (tertiary/aromatic N) is 1. The van der Waals surface area contributed by atoms with Crippen LogP contribution < -0.4 is 14.1 Å². The molecule has 164 valence electrons. The summed E-state index contributed by atoms with van der Waals surface area (Å²) in [6.45, 7) is 8.92. The van der Waals surface area contributed by atoms with Gasteiger partial charge >= 0.3 is 13.7 Å². The highest BCUT2D eigenvalue weighted by molar-refractivity contribution is 9.10. The van der Waals surface area contributed by atoms with Gasteiger partial charge in [0.05, 0.1) is 6.57 Å². The second-order valence-corrected chi connectivity index (χ2v) is 9.11. The molecule has 0 aliphatic heterocycles. The molecule has 0 aliphatic rings. The first kappa shape index (κ1) is 23.6. The van der Waals surface area contributed by atoms with Crippen molar-refractivity contribution in [1.29, 1.82) is 0 Å². The van der Waals surface area contributed by atoms with E-state index in [-0.39, 0.29) is 23.8 Å². The van der Waals surface area contributed by atoms with Crippen molar-refractivity contribution in [3.63, 3.8) is 0 Å². The van der Waals surface area contributed by atoms with Crippen molar-refractivity contribution >= 4 is 35.3 Å². The first-order chi connectivity index (χ1) is 15.4. The molecule has 0 amide bonds. The highest BCUT2D eigenvalue weighted by Crippen LogP contribution is 2.50. The molecule has 0 spiro atoms. The molecule has 7 nitrogen and oxygen atoms in total. The molecule has 0 radical (unpaired) electrons. The van der Waals surface area contributed by atoms with Crippen LogP contribution in [0.1, 0.15) is 12.5 Å². The van der Waals surface area contributed by atoms with Gasteiger partial charge in [0.2, 0.25) is 5.69 Å². The van der Waals surface area contributed by atoms with Crippen molar-refractivity contribution in [2.45, 2.75) is 19.6 Å². The number of para-hydroxylation sites is 2. The van der Waals surface area contributed by atoms with Crippen LogP contribution in [0.25, 0.3) is 4.85 Å². The minimum absolute atomic E-state index is 0.0408. The topological polar surface area (TPSA) is 78.2 Å². The van der Waals surface area contributed by atoms with Gasteiger partial charge in [-0.3, -0.25) is 4.79 Å². The fraction of sp³-hybridized carbons (Fsp3) is 0.130. The predicted octanol–water partition coefficient (Wildman–Crippen LogP) is 6.29. The fourth-order valence-electron chi connectivity index (χ4n) is 2.63. The Morgan fingerprint density at radius 3 is 2.34 bits per heavy atom. The van der Waals surface area contributed by atoms with Crippen molar-refractivity contribution in [3.8, 4) is 11.5 Å². The molecule has 9 heteroatoms. The van der Waals surface area contributed by atoms with Gasteiger partial charge in [-0.25, -0.2) is 9.41 Å². The number of esters is 1. The number of benzene rings is 3. The number of hydrogen-bond acceptors (Lipinski definition) is 5. The van der Waals surface area contributed by atoms with Gasteiger partial charge in [-0.15, -0.1) is 0 Å². The standard InChI is InChI=1S/C23H20BrN2O5P/c1-17(23(27)29-16-18-10-5-3-6-11-18)26-32(28,30-19-12-7-4-8-13-19)31-22-20(24)14-9-15-21(22)25-2/h3-15,17H,16H2,1H3,(H,26,28)/t17-,32?/m0/s1. The summed E-state index contributed by atoms with van der Waals surface area (Å²) in [5.74, 6) is -0.324. The molecule has 0 aliphatic carbocycles. The van der Waals surface area contributed by atoms with Gasteiger partial charge in [0, 0.05) is 4.47 Å². The molecule has 1 unspecified atom stereocenters. The van der Waals surface area contributed by atoms with E-state index in [0.717, 1.165) is 5.56 Å². The third-order valence-corrected chi connectivity index (χ3v) is 6.38. The second kappa shape index (κ2) is 11.0. The van der Waals surface area contributed by atoms with Crippen molar-refractivity contribution in [2.75, 3.05) is 0 Å². The molecule has 0 heterocycles. The minimum Gasteiger partial charge on any atom is -0.460 e. The van der Waals surface area contributed by atoms with Crippen molar-refractivity contribution < 1.29 is 23.1 Å². The van der Waals surface area contributed by atoms with E-state index in [1.54, 1.807) is 42.5 Å². The summed E-state index contributed by atoms with van der Waals surface area (Å²) in [7, 11) is -4.16. The number of halogens is 1. The predicted molar refractivity (Wildman–Crippen MR) is 125 cm³/mol. The first-order valence-electron chi connectivity index (χ1n) is 9.59. The summed E-state index contributed by atoms with van der Waals surface area (Å²) in [6.07, 6.45) is 0. The second-order valence-electron chi connectivity index (χ2n) is 6.64. The van der Waals surface area contributed by atoms with Crippen LogP contribution in [-0.4, -0.2) is 12.0 Å². The maximum atomic E-state index is 13.7. The Morgan fingerprint density at radius 1 is 1.03 bits per heavy atom. The molecule has 0 fully saturated rings. The molecule has 32 heavy (non-hydrogen) atoms. The maximum absolute atomic E-state index is 13.7. The Balaban J connectivity index is 1.80. The monoisotopic (exact) mass is 514 g/mol. The van der Waals surface area contributed by atoms with Gasteiger partial charge in [0.1, 0.15) is 18.4 Å². The molecule has 2 atom stereocenters. The van der Waals surface area contributed by atoms with Crippen LogP contribution in [0.2, 0.25) is 0 Å². The van der Waals surface area contributed by atoms with E-state index in [2.05, 4.69) is 25.9 Å². The van der Waals surface area contributed by atoms with Crippen LogP contribution in [0.3, 0.4) is 0 Å². The lowest BCUT2D eigenvalue weighted by Crippen LogP contribution is -2.35. The molecule has 0 saturated carbocycles. The van der Waals surface area contributed by atoms with Crippen LogP contribution in [0, 0.1) is 6.57 Å². The fourth-order valence-corrected chi connectivity index (χ4v) is 4.75. The zero-order valence-electron chi connectivity index (χ0n) is 17.1. The van der Waals surface area contributed by atoms with Gasteiger partial charge in [-0.05, 0) is 46.6 Å². The van der Waals surface area contributed by atoms with E-state index >= 15 is 0 Å². The van der Waals surface area contributed by atoms with E-state index in [4.69, 9.17) is 20.4 Å². The number of nitrogens with one attached hydrogen (secondary N) is 1. The maximum Gasteiger partial charge on any atom is 0.512 e. The van der Waals surface area contributed by atoms with Crippen LogP contribution >= 0.6 is 23.7 Å². The Morgan fingerprint density at radius 2 is 1.69 bits per heavy atom. The Bertz CT molecular complexity index is 1150. The summed E-state index contributed by atoms with van der Waals surface area (Å²) in [5, 5.41) is 2.62. The average molecular weight is 515 g/mol. The molecule has 3 aromatic carbocycles. The van der Waals surface area contributed by atoms with Crippen molar-refractivity contribution in [1.82, 2.24) is 5.09 Å². The highest BCUT2D eigenvalue weighted by Gasteiger charge is 2.35. The lowest BCUT2D eigenvalue weighted by atomic mass is 10.2. The first-order valence-corrected chi connectivity index (χ1v) is 11.9. The van der Waals surface area contributed by atoms with Crippen molar-refractivity contribution in [2.24, 2.45) is 0 Å². The smallest absolute Gasteiger partial charge is 0.460 e. The number of hydrogen-bond donors (Lipinski definition) is 1. The van der Waals surface area contributed by atoms with Gasteiger partial charge in [-0.1, -0.05) is 60.7 Å². The van der Waals surface area contributed by atoms with Crippen molar-refractivity contribution in [3.05, 3.63) is 100 Å². The van der Waals surface area contributed by atoms with E-state index in [1.807, 2.05) is 30.3 Å². The number of carbonyl (C=O) groups is 1. The molecule has 0 aromatic heterocycles. The average Bonchev–Trinajstić information content (AvgIpc) is 2.80. The Labute approximate surface area is 194 Å². The molecule has 0 bridgehead atoms. The van der Waals surface area contributed by atoms with E-state index in [1.165, 1.54) is 13.0 Å². The SMILES string of the molecule is [C-]#[N+]c1cccc(Br)c1OP(=O)(N[C@@H](C)C(=O)OCc1ccccc1)Oc1ccccc1. The third-order valence-electron chi connectivity index (χ3n) is 4.18. The summed E-state index contributed by atoms with van der Waals surface area (Å²) in [6, 6.07) is 21.4. The Kier molecular flexibility index (Phi) is 8.07. The summed E-state index contributed by atoms with van der Waals surface area (Å²) < 4.78 is 30.7. The quantitative estimate of drug-likeness (QED) is 0.205. The Hall–Kier alpha value is -3.11. The normalized spacial score (nSPS) is 13.3. The molecule has 3 rings (SSSR count). The molecular formula is C23H20BrN2O5P. The van der Waals surface area contributed by atoms with E-state index < -0.39 is 19.8 Å². The van der Waals surface area contributed by atoms with Crippen LogP contribution in [0.5, 0.6) is 11.5 Å². The van der Waals surface area contributed by atoms with Crippen LogP contribution in [0.15, 0.2) is 83.3 Å². The molecule has 1 N–H and O–H groups in total. The largest absolute Gasteiger partial charge is 0.512 e. The van der Waals surface area contributed by atoms with Gasteiger partial charge in [0.25, 0.3) is 0 Å². The summed E-state index contributed by atoms with van der Waals surface area (Å²) in [5.41, 5.74) is 0.959. The highest BCUT2D eigenvalue weighted by atomic mass is 79.9. The summed E-state index contributed by atoms with van der Waals surface area (Å²) >= 11 is 3.31. The summed E-state index contributed by atoms with van der Waals surface area (Å²) in [4.78, 5) is 15.9. The van der Waals surface area contributed by atoms with Crippen LogP contribution in [-0.2, 0) is 20.7 Å². The minimum atomic E-state index is -4.16.